The van der Waals surface area contributed by atoms with Gasteiger partial charge >= 0.3 is 0 Å². The monoisotopic (exact) mass is 538 g/mol. The molecule has 0 bridgehead atoms. The number of nitrogens with zero attached hydrogens (tertiary/aromatic N) is 1. The van der Waals surface area contributed by atoms with Gasteiger partial charge in [-0.15, -0.1) is 0 Å². The maximum atomic E-state index is 14.1. The molecule has 0 aromatic heterocycles. The van der Waals surface area contributed by atoms with Crippen molar-refractivity contribution in [1.82, 2.24) is 5.32 Å². The molecule has 0 fully saturated rings. The number of halogens is 1. The fraction of sp³-hybridized carbons (Fsp3) is 0.152. The maximum Gasteiger partial charge on any atom is 0.262 e. The van der Waals surface area contributed by atoms with Crippen LogP contribution >= 0.6 is 0 Å². The topological polar surface area (TPSA) is 67.9 Å². The molecule has 0 heterocycles. The fourth-order valence-electron chi connectivity index (χ4n) is 4.04. The Balaban J connectivity index is 1.77. The molecule has 1 N–H and O–H groups in total. The van der Waals surface area contributed by atoms with E-state index in [1.807, 2.05) is 67.6 Å². The highest BCUT2D eigenvalue weighted by Crippen LogP contribution is 2.35. The zero-order valence-electron chi connectivity index (χ0n) is 22.5. The molecular formula is C33H31FN2O4. The van der Waals surface area contributed by atoms with E-state index in [-0.39, 0.29) is 30.4 Å². The summed E-state index contributed by atoms with van der Waals surface area (Å²) in [6.45, 7) is 6.16. The van der Waals surface area contributed by atoms with Crippen LogP contribution in [0.15, 0.2) is 104 Å². The number of carbonyl (C=O) groups is 2. The van der Waals surface area contributed by atoms with Crippen LogP contribution in [-0.2, 0) is 18.0 Å². The lowest BCUT2D eigenvalue weighted by Crippen LogP contribution is -2.40. The van der Waals surface area contributed by atoms with Crippen molar-refractivity contribution in [2.45, 2.75) is 20.1 Å². The Kier molecular flexibility index (Phi) is 9.31. The van der Waals surface area contributed by atoms with Gasteiger partial charge in [0.1, 0.15) is 37.1 Å². The van der Waals surface area contributed by atoms with Gasteiger partial charge in [-0.3, -0.25) is 14.5 Å². The van der Waals surface area contributed by atoms with Gasteiger partial charge in [0, 0.05) is 24.4 Å². The van der Waals surface area contributed by atoms with E-state index in [1.54, 1.807) is 12.1 Å². The van der Waals surface area contributed by atoms with Gasteiger partial charge in [0.25, 0.3) is 5.91 Å². The molecule has 0 saturated carbocycles. The first kappa shape index (κ1) is 28.1. The van der Waals surface area contributed by atoms with E-state index in [0.29, 0.717) is 29.2 Å². The van der Waals surface area contributed by atoms with E-state index >= 15 is 0 Å². The molecule has 0 radical (unpaired) electrons. The van der Waals surface area contributed by atoms with Crippen molar-refractivity contribution in [3.05, 3.63) is 132 Å². The molecular weight excluding hydrogens is 507 g/mol. The second-order valence-corrected chi connectivity index (χ2v) is 9.21. The number of hydrogen-bond acceptors (Lipinski definition) is 4. The average molecular weight is 539 g/mol. The molecule has 4 aromatic carbocycles. The summed E-state index contributed by atoms with van der Waals surface area (Å²) in [6, 6.07) is 28.1. The number of likely N-dealkylation sites (N-methyl/N-ethyl adjacent to an activating group) is 1. The number of anilines is 1. The van der Waals surface area contributed by atoms with Crippen molar-refractivity contribution in [1.29, 1.82) is 0 Å². The Labute approximate surface area is 233 Å². The van der Waals surface area contributed by atoms with Crippen LogP contribution in [-0.4, -0.2) is 25.4 Å². The minimum absolute atomic E-state index is 0.206. The lowest BCUT2D eigenvalue weighted by molar-refractivity contribution is -0.119. The summed E-state index contributed by atoms with van der Waals surface area (Å²) >= 11 is 0. The molecule has 204 valence electrons. The van der Waals surface area contributed by atoms with E-state index in [1.165, 1.54) is 36.2 Å². The van der Waals surface area contributed by atoms with Gasteiger partial charge < -0.3 is 14.8 Å². The predicted molar refractivity (Wildman–Crippen MR) is 155 cm³/mol. The summed E-state index contributed by atoms with van der Waals surface area (Å²) in [4.78, 5) is 27.8. The largest absolute Gasteiger partial charge is 0.488 e. The molecule has 2 amide bonds. The summed E-state index contributed by atoms with van der Waals surface area (Å²) in [5.41, 5.74) is 3.80. The van der Waals surface area contributed by atoms with Crippen molar-refractivity contribution >= 4 is 23.1 Å². The molecule has 0 spiro atoms. The third kappa shape index (κ3) is 7.14. The minimum atomic E-state index is -0.490. The fourth-order valence-corrected chi connectivity index (χ4v) is 4.04. The zero-order valence-corrected chi connectivity index (χ0v) is 22.5. The SMILES string of the molecule is C=C(C)c1cc(C(=O)N(CC(=O)NC)c2ccc(F)cc2)c(OCc2ccccc2)cc1OCc1ccccc1. The third-order valence-electron chi connectivity index (χ3n) is 6.21. The Morgan fingerprint density at radius 2 is 1.32 bits per heavy atom. The van der Waals surface area contributed by atoms with Crippen LogP contribution in [0.2, 0.25) is 0 Å². The molecule has 4 aromatic rings. The highest BCUT2D eigenvalue weighted by Gasteiger charge is 2.26. The zero-order chi connectivity index (χ0) is 28.5. The first-order valence-corrected chi connectivity index (χ1v) is 12.8. The van der Waals surface area contributed by atoms with E-state index in [2.05, 4.69) is 11.9 Å². The van der Waals surface area contributed by atoms with E-state index in [4.69, 9.17) is 9.47 Å². The normalized spacial score (nSPS) is 10.5. The van der Waals surface area contributed by atoms with E-state index < -0.39 is 11.7 Å². The Bertz CT molecular complexity index is 1470. The predicted octanol–water partition coefficient (Wildman–Crippen LogP) is 6.41. The average Bonchev–Trinajstić information content (AvgIpc) is 2.98. The van der Waals surface area contributed by atoms with Crippen LogP contribution in [0, 0.1) is 5.82 Å². The van der Waals surface area contributed by atoms with Crippen LogP contribution in [0.1, 0.15) is 34.0 Å². The molecule has 40 heavy (non-hydrogen) atoms. The Hall–Kier alpha value is -4.91. The number of ether oxygens (including phenoxy) is 2. The number of hydrogen-bond donors (Lipinski definition) is 1. The van der Waals surface area contributed by atoms with Gasteiger partial charge in [-0.2, -0.15) is 0 Å². The maximum absolute atomic E-state index is 14.1. The van der Waals surface area contributed by atoms with Crippen LogP contribution in [0.5, 0.6) is 11.5 Å². The summed E-state index contributed by atoms with van der Waals surface area (Å²) < 4.78 is 26.1. The molecule has 0 atom stereocenters. The highest BCUT2D eigenvalue weighted by molar-refractivity contribution is 6.10. The third-order valence-corrected chi connectivity index (χ3v) is 6.21. The quantitative estimate of drug-likeness (QED) is 0.240. The summed E-state index contributed by atoms with van der Waals surface area (Å²) in [5.74, 6) is -0.531. The van der Waals surface area contributed by atoms with Crippen LogP contribution in [0.25, 0.3) is 5.57 Å². The van der Waals surface area contributed by atoms with Gasteiger partial charge in [0.05, 0.1) is 5.56 Å². The van der Waals surface area contributed by atoms with Gasteiger partial charge in [0.15, 0.2) is 0 Å². The van der Waals surface area contributed by atoms with Gasteiger partial charge in [-0.25, -0.2) is 4.39 Å². The number of carbonyl (C=O) groups excluding carboxylic acids is 2. The summed E-state index contributed by atoms with van der Waals surface area (Å²) in [5, 5.41) is 2.54. The summed E-state index contributed by atoms with van der Waals surface area (Å²) in [7, 11) is 1.49. The second kappa shape index (κ2) is 13.2. The minimum Gasteiger partial charge on any atom is -0.488 e. The lowest BCUT2D eigenvalue weighted by Gasteiger charge is -2.24. The van der Waals surface area contributed by atoms with Crippen molar-refractivity contribution in [3.63, 3.8) is 0 Å². The summed E-state index contributed by atoms with van der Waals surface area (Å²) in [6.07, 6.45) is 0. The molecule has 0 saturated heterocycles. The van der Waals surface area contributed by atoms with Gasteiger partial charge in [-0.1, -0.05) is 67.2 Å². The van der Waals surface area contributed by atoms with E-state index in [0.717, 1.165) is 11.1 Å². The van der Waals surface area contributed by atoms with E-state index in [9.17, 15) is 14.0 Å². The number of amides is 2. The first-order chi connectivity index (χ1) is 19.4. The molecule has 6 nitrogen and oxygen atoms in total. The van der Waals surface area contributed by atoms with Crippen molar-refractivity contribution in [2.75, 3.05) is 18.5 Å². The molecule has 7 heteroatoms. The van der Waals surface area contributed by atoms with Gasteiger partial charge in [-0.05, 0) is 54.0 Å². The van der Waals surface area contributed by atoms with Crippen molar-refractivity contribution in [2.24, 2.45) is 0 Å². The van der Waals surface area contributed by atoms with Crippen LogP contribution in [0.4, 0.5) is 10.1 Å². The molecule has 0 aliphatic carbocycles. The lowest BCUT2D eigenvalue weighted by atomic mass is 10.0. The first-order valence-electron chi connectivity index (χ1n) is 12.8. The highest BCUT2D eigenvalue weighted by atomic mass is 19.1. The smallest absolute Gasteiger partial charge is 0.262 e. The van der Waals surface area contributed by atoms with Crippen LogP contribution in [0.3, 0.4) is 0 Å². The number of rotatable bonds is 11. The standard InChI is InChI=1S/C33H31FN2O4/c1-23(2)28-18-29(33(38)36(20-32(37)35-3)27-16-14-26(34)15-17-27)31(40-22-25-12-8-5-9-13-25)19-30(28)39-21-24-10-6-4-7-11-24/h4-19H,1,20-22H2,2-3H3,(H,35,37). The Morgan fingerprint density at radius 1 is 0.800 bits per heavy atom. The van der Waals surface area contributed by atoms with Gasteiger partial charge in [0.2, 0.25) is 5.91 Å². The van der Waals surface area contributed by atoms with Crippen molar-refractivity contribution < 1.29 is 23.5 Å². The van der Waals surface area contributed by atoms with Crippen molar-refractivity contribution in [3.8, 4) is 11.5 Å². The number of nitrogens with one attached hydrogen (secondary N) is 1. The van der Waals surface area contributed by atoms with Crippen LogP contribution < -0.4 is 19.7 Å². The number of benzene rings is 4. The molecule has 4 rings (SSSR count). The second-order valence-electron chi connectivity index (χ2n) is 9.21. The number of allylic oxidation sites excluding steroid dienone is 1. The Morgan fingerprint density at radius 3 is 1.82 bits per heavy atom. The molecule has 0 unspecified atom stereocenters. The molecule has 0 aliphatic heterocycles. The molecule has 0 aliphatic rings.